The molecule has 112 valence electrons. The van der Waals surface area contributed by atoms with E-state index in [0.29, 0.717) is 24.4 Å². The maximum atomic E-state index is 11.8. The molecule has 0 saturated heterocycles. The molecule has 1 aromatic heterocycles. The molecule has 1 heterocycles. The van der Waals surface area contributed by atoms with Gasteiger partial charge >= 0.3 is 5.97 Å². The van der Waals surface area contributed by atoms with E-state index in [9.17, 15) is 4.79 Å². The van der Waals surface area contributed by atoms with Gasteiger partial charge in [-0.05, 0) is 32.0 Å². The smallest absolute Gasteiger partial charge is 0.340 e. The Morgan fingerprint density at radius 3 is 2.95 bits per heavy atom. The highest BCUT2D eigenvalue weighted by molar-refractivity contribution is 5.96. The standard InChI is InChI=1S/C14H19N5O2/c1-3-19-9-17-18-13(19)8-16-10-5-6-12(15)11(7-10)14(20)21-4-2/h5-7,9,16H,3-4,8,15H2,1-2H3. The molecule has 0 saturated carbocycles. The largest absolute Gasteiger partial charge is 0.462 e. The van der Waals surface area contributed by atoms with Crippen molar-refractivity contribution in [2.24, 2.45) is 0 Å². The lowest BCUT2D eigenvalue weighted by Crippen LogP contribution is -2.10. The van der Waals surface area contributed by atoms with Crippen LogP contribution in [0.25, 0.3) is 0 Å². The van der Waals surface area contributed by atoms with Crippen LogP contribution in [0.4, 0.5) is 11.4 Å². The van der Waals surface area contributed by atoms with E-state index in [-0.39, 0.29) is 0 Å². The van der Waals surface area contributed by atoms with Crippen LogP contribution in [0.1, 0.15) is 30.0 Å². The van der Waals surface area contributed by atoms with E-state index >= 15 is 0 Å². The van der Waals surface area contributed by atoms with E-state index in [1.807, 2.05) is 17.6 Å². The van der Waals surface area contributed by atoms with E-state index in [0.717, 1.165) is 18.1 Å². The van der Waals surface area contributed by atoms with Crippen LogP contribution in [0.15, 0.2) is 24.5 Å². The Labute approximate surface area is 123 Å². The van der Waals surface area contributed by atoms with Gasteiger partial charge in [-0.15, -0.1) is 10.2 Å². The van der Waals surface area contributed by atoms with Crippen LogP contribution in [0.5, 0.6) is 0 Å². The number of carbonyl (C=O) groups excluding carboxylic acids is 1. The first kappa shape index (κ1) is 14.8. The third-order valence-electron chi connectivity index (χ3n) is 3.04. The second kappa shape index (κ2) is 6.74. The van der Waals surface area contributed by atoms with Crippen molar-refractivity contribution in [3.05, 3.63) is 35.9 Å². The second-order valence-electron chi connectivity index (χ2n) is 4.41. The number of rotatable bonds is 6. The van der Waals surface area contributed by atoms with Crippen molar-refractivity contribution in [3.63, 3.8) is 0 Å². The summed E-state index contributed by atoms with van der Waals surface area (Å²) in [5.41, 5.74) is 7.34. The first-order valence-electron chi connectivity index (χ1n) is 6.82. The molecule has 1 aromatic carbocycles. The molecule has 0 aliphatic carbocycles. The molecule has 0 fully saturated rings. The normalized spacial score (nSPS) is 10.4. The number of ether oxygens (including phenoxy) is 1. The number of esters is 1. The van der Waals surface area contributed by atoms with Crippen molar-refractivity contribution in [2.45, 2.75) is 26.9 Å². The minimum atomic E-state index is -0.421. The maximum Gasteiger partial charge on any atom is 0.340 e. The van der Waals surface area contributed by atoms with E-state index in [1.165, 1.54) is 0 Å². The highest BCUT2D eigenvalue weighted by Gasteiger charge is 2.12. The quantitative estimate of drug-likeness (QED) is 0.620. The van der Waals surface area contributed by atoms with Crippen molar-refractivity contribution < 1.29 is 9.53 Å². The van der Waals surface area contributed by atoms with Crippen molar-refractivity contribution in [2.75, 3.05) is 17.7 Å². The summed E-state index contributed by atoms with van der Waals surface area (Å²) in [6.45, 7) is 5.41. The fraction of sp³-hybridized carbons (Fsp3) is 0.357. The van der Waals surface area contributed by atoms with Crippen molar-refractivity contribution in [1.82, 2.24) is 14.8 Å². The summed E-state index contributed by atoms with van der Waals surface area (Å²) in [7, 11) is 0. The van der Waals surface area contributed by atoms with Gasteiger partial charge in [-0.3, -0.25) is 0 Å². The van der Waals surface area contributed by atoms with E-state index < -0.39 is 5.97 Å². The van der Waals surface area contributed by atoms with Crippen LogP contribution in [0.3, 0.4) is 0 Å². The molecule has 0 unspecified atom stereocenters. The molecule has 0 aliphatic rings. The number of hydrogen-bond donors (Lipinski definition) is 2. The topological polar surface area (TPSA) is 95.1 Å². The first-order valence-corrected chi connectivity index (χ1v) is 6.82. The van der Waals surface area contributed by atoms with Crippen LogP contribution in [0, 0.1) is 0 Å². The number of nitrogens with two attached hydrogens (primary N) is 1. The predicted molar refractivity (Wildman–Crippen MR) is 79.8 cm³/mol. The van der Waals surface area contributed by atoms with Gasteiger partial charge < -0.3 is 20.4 Å². The molecule has 3 N–H and O–H groups in total. The molecule has 0 bridgehead atoms. The molecule has 0 spiro atoms. The Bertz CT molecular complexity index is 624. The van der Waals surface area contributed by atoms with Crippen LogP contribution >= 0.6 is 0 Å². The summed E-state index contributed by atoms with van der Waals surface area (Å²) in [5.74, 6) is 0.405. The fourth-order valence-electron chi connectivity index (χ4n) is 1.91. The summed E-state index contributed by atoms with van der Waals surface area (Å²) in [4.78, 5) is 11.8. The molecule has 0 aliphatic heterocycles. The lowest BCUT2D eigenvalue weighted by atomic mass is 10.1. The van der Waals surface area contributed by atoms with Crippen LogP contribution in [-0.4, -0.2) is 27.3 Å². The Balaban J connectivity index is 2.10. The highest BCUT2D eigenvalue weighted by Crippen LogP contribution is 2.19. The SMILES string of the molecule is CCOC(=O)c1cc(NCc2nncn2CC)ccc1N. The molecule has 0 amide bonds. The van der Waals surface area contributed by atoms with E-state index in [2.05, 4.69) is 15.5 Å². The van der Waals surface area contributed by atoms with Crippen molar-refractivity contribution >= 4 is 17.3 Å². The lowest BCUT2D eigenvalue weighted by Gasteiger charge is -2.10. The van der Waals surface area contributed by atoms with Gasteiger partial charge in [0, 0.05) is 17.9 Å². The third-order valence-corrected chi connectivity index (χ3v) is 3.04. The number of nitrogens with zero attached hydrogens (tertiary/aromatic N) is 3. The number of benzene rings is 1. The third kappa shape index (κ3) is 3.50. The fourth-order valence-corrected chi connectivity index (χ4v) is 1.91. The molecule has 2 aromatic rings. The number of aromatic nitrogens is 3. The summed E-state index contributed by atoms with van der Waals surface area (Å²) < 4.78 is 6.92. The molecule has 2 rings (SSSR count). The van der Waals surface area contributed by atoms with Gasteiger partial charge in [0.25, 0.3) is 0 Å². The summed E-state index contributed by atoms with van der Waals surface area (Å²) in [6.07, 6.45) is 1.68. The van der Waals surface area contributed by atoms with Crippen molar-refractivity contribution in [3.8, 4) is 0 Å². The van der Waals surface area contributed by atoms with Gasteiger partial charge in [0.05, 0.1) is 18.7 Å². The minimum absolute atomic E-state index is 0.315. The molecule has 0 radical (unpaired) electrons. The van der Waals surface area contributed by atoms with Gasteiger partial charge in [-0.2, -0.15) is 0 Å². The zero-order chi connectivity index (χ0) is 15.2. The minimum Gasteiger partial charge on any atom is -0.462 e. The Hall–Kier alpha value is -2.57. The van der Waals surface area contributed by atoms with Crippen molar-refractivity contribution in [1.29, 1.82) is 0 Å². The van der Waals surface area contributed by atoms with E-state index in [1.54, 1.807) is 25.4 Å². The number of carbonyl (C=O) groups is 1. The first-order chi connectivity index (χ1) is 10.2. The molecule has 7 heteroatoms. The molecule has 7 nitrogen and oxygen atoms in total. The Morgan fingerprint density at radius 1 is 1.43 bits per heavy atom. The number of nitrogen functional groups attached to an aromatic ring is 1. The second-order valence-corrected chi connectivity index (χ2v) is 4.41. The Kier molecular flexibility index (Phi) is 4.76. The van der Waals surface area contributed by atoms with Crippen LogP contribution in [0.2, 0.25) is 0 Å². The maximum absolute atomic E-state index is 11.8. The monoisotopic (exact) mass is 289 g/mol. The van der Waals surface area contributed by atoms with Crippen LogP contribution in [-0.2, 0) is 17.8 Å². The zero-order valence-corrected chi connectivity index (χ0v) is 12.2. The van der Waals surface area contributed by atoms with Gasteiger partial charge in [0.15, 0.2) is 5.82 Å². The zero-order valence-electron chi connectivity index (χ0n) is 12.2. The van der Waals surface area contributed by atoms with Gasteiger partial charge in [0.1, 0.15) is 6.33 Å². The molecule has 0 atom stereocenters. The summed E-state index contributed by atoms with van der Waals surface area (Å²) >= 11 is 0. The Morgan fingerprint density at radius 2 is 2.24 bits per heavy atom. The average molecular weight is 289 g/mol. The number of hydrogen-bond acceptors (Lipinski definition) is 6. The number of anilines is 2. The summed E-state index contributed by atoms with van der Waals surface area (Å²) in [5, 5.41) is 11.1. The van der Waals surface area contributed by atoms with E-state index in [4.69, 9.17) is 10.5 Å². The highest BCUT2D eigenvalue weighted by atomic mass is 16.5. The number of nitrogens with one attached hydrogen (secondary N) is 1. The van der Waals surface area contributed by atoms with Crippen LogP contribution < -0.4 is 11.1 Å². The average Bonchev–Trinajstić information content (AvgIpc) is 2.94. The lowest BCUT2D eigenvalue weighted by molar-refractivity contribution is 0.0527. The predicted octanol–water partition coefficient (Wildman–Crippen LogP) is 1.67. The molecular weight excluding hydrogens is 270 g/mol. The van der Waals surface area contributed by atoms with Gasteiger partial charge in [-0.1, -0.05) is 0 Å². The van der Waals surface area contributed by atoms with Gasteiger partial charge in [-0.25, -0.2) is 4.79 Å². The van der Waals surface area contributed by atoms with Gasteiger partial charge in [0.2, 0.25) is 0 Å². The summed E-state index contributed by atoms with van der Waals surface area (Å²) in [6, 6.07) is 5.17. The number of aryl methyl sites for hydroxylation is 1. The molecular formula is C14H19N5O2. The molecule has 21 heavy (non-hydrogen) atoms.